The molecule has 2 aromatic rings. The Labute approximate surface area is 150 Å². The van der Waals surface area contributed by atoms with Crippen molar-refractivity contribution in [3.8, 4) is 0 Å². The van der Waals surface area contributed by atoms with Gasteiger partial charge in [0.2, 0.25) is 0 Å². The number of carbonyl (C=O) groups is 1. The van der Waals surface area contributed by atoms with E-state index in [9.17, 15) is 13.2 Å². The summed E-state index contributed by atoms with van der Waals surface area (Å²) in [7, 11) is -3.78. The van der Waals surface area contributed by atoms with Gasteiger partial charge in [-0.2, -0.15) is 0 Å². The Morgan fingerprint density at radius 1 is 1.16 bits per heavy atom. The van der Waals surface area contributed by atoms with E-state index in [1.807, 2.05) is 13.0 Å². The Balaban J connectivity index is 1.81. The monoisotopic (exact) mass is 375 g/mol. The molecule has 1 aliphatic rings. The highest BCUT2D eigenvalue weighted by Gasteiger charge is 2.18. The van der Waals surface area contributed by atoms with Gasteiger partial charge in [0.05, 0.1) is 11.4 Å². The number of amidine groups is 1. The van der Waals surface area contributed by atoms with Crippen LogP contribution in [0.3, 0.4) is 0 Å². The summed E-state index contributed by atoms with van der Waals surface area (Å²) in [5.41, 5.74) is 1.69. The molecular formula is C17H17N3O3S2. The first-order chi connectivity index (χ1) is 11.9. The van der Waals surface area contributed by atoms with Gasteiger partial charge >= 0.3 is 0 Å². The summed E-state index contributed by atoms with van der Waals surface area (Å²) in [6, 6.07) is 13.0. The molecule has 3 rings (SSSR count). The number of amides is 1. The molecule has 2 N–H and O–H groups in total. The van der Waals surface area contributed by atoms with E-state index < -0.39 is 10.0 Å². The zero-order valence-electron chi connectivity index (χ0n) is 13.5. The molecular weight excluding hydrogens is 358 g/mol. The number of hydrogen-bond acceptors (Lipinski definition) is 5. The van der Waals surface area contributed by atoms with E-state index in [0.717, 1.165) is 11.3 Å². The summed E-state index contributed by atoms with van der Waals surface area (Å²) in [5, 5.41) is 3.26. The third-order valence-corrected chi connectivity index (χ3v) is 5.75. The zero-order valence-corrected chi connectivity index (χ0v) is 15.2. The molecule has 1 heterocycles. The highest BCUT2D eigenvalue weighted by molar-refractivity contribution is 8.14. The van der Waals surface area contributed by atoms with Gasteiger partial charge in [0.25, 0.3) is 15.9 Å². The highest BCUT2D eigenvalue weighted by Crippen LogP contribution is 2.18. The Kier molecular flexibility index (Phi) is 5.10. The minimum atomic E-state index is -3.78. The lowest BCUT2D eigenvalue weighted by Crippen LogP contribution is -2.27. The van der Waals surface area contributed by atoms with Gasteiger partial charge in [-0.15, -0.1) is 0 Å². The largest absolute Gasteiger partial charge is 0.301 e. The lowest BCUT2D eigenvalue weighted by atomic mass is 10.2. The van der Waals surface area contributed by atoms with Gasteiger partial charge in [0.15, 0.2) is 5.17 Å². The summed E-state index contributed by atoms with van der Waals surface area (Å²) in [5.74, 6) is 0.463. The average Bonchev–Trinajstić information content (AvgIpc) is 3.07. The Hall–Kier alpha value is -2.32. The molecule has 0 saturated heterocycles. The van der Waals surface area contributed by atoms with Crippen LogP contribution in [0, 0.1) is 6.92 Å². The standard InChI is InChI=1S/C17H17N3O3S2/c1-12-4-2-6-14(10-12)20-25(22,23)15-7-3-5-13(11-15)16(21)19-17-18-8-9-24-17/h2-7,10-11,20H,8-9H2,1H3,(H,18,19,21). The fourth-order valence-corrected chi connectivity index (χ4v) is 4.13. The number of aryl methyl sites for hydroxylation is 1. The first-order valence-electron chi connectivity index (χ1n) is 7.62. The van der Waals surface area contributed by atoms with Crippen LogP contribution in [0.2, 0.25) is 0 Å². The van der Waals surface area contributed by atoms with Gasteiger partial charge < -0.3 is 5.32 Å². The van der Waals surface area contributed by atoms with E-state index in [0.29, 0.717) is 17.4 Å². The minimum Gasteiger partial charge on any atom is -0.301 e. The number of thioether (sulfide) groups is 1. The molecule has 0 bridgehead atoms. The molecule has 6 nitrogen and oxygen atoms in total. The molecule has 2 aromatic carbocycles. The normalized spacial score (nSPS) is 14.0. The molecule has 0 atom stereocenters. The number of benzene rings is 2. The topological polar surface area (TPSA) is 87.6 Å². The minimum absolute atomic E-state index is 0.0302. The number of rotatable bonds is 4. The maximum absolute atomic E-state index is 12.6. The molecule has 0 aliphatic carbocycles. The molecule has 1 aliphatic heterocycles. The van der Waals surface area contributed by atoms with Crippen LogP contribution in [-0.2, 0) is 10.0 Å². The summed E-state index contributed by atoms with van der Waals surface area (Å²) in [4.78, 5) is 16.4. The Morgan fingerprint density at radius 3 is 2.68 bits per heavy atom. The maximum atomic E-state index is 12.6. The van der Waals surface area contributed by atoms with Crippen molar-refractivity contribution in [2.24, 2.45) is 4.99 Å². The van der Waals surface area contributed by atoms with Crippen LogP contribution in [-0.4, -0.2) is 31.8 Å². The van der Waals surface area contributed by atoms with Crippen LogP contribution in [0.4, 0.5) is 5.69 Å². The van der Waals surface area contributed by atoms with Crippen molar-refractivity contribution in [3.63, 3.8) is 0 Å². The van der Waals surface area contributed by atoms with E-state index >= 15 is 0 Å². The van der Waals surface area contributed by atoms with Crippen molar-refractivity contribution in [1.82, 2.24) is 5.32 Å². The van der Waals surface area contributed by atoms with Gasteiger partial charge in [-0.3, -0.25) is 14.5 Å². The zero-order chi connectivity index (χ0) is 17.9. The second kappa shape index (κ2) is 7.28. The smallest absolute Gasteiger partial charge is 0.261 e. The summed E-state index contributed by atoms with van der Waals surface area (Å²) >= 11 is 1.47. The SMILES string of the molecule is Cc1cccc(NS(=O)(=O)c2cccc(C(=O)NC3=NCCS3)c2)c1. The van der Waals surface area contributed by atoms with Crippen LogP contribution in [0.15, 0.2) is 58.4 Å². The van der Waals surface area contributed by atoms with E-state index in [1.54, 1.807) is 30.3 Å². The van der Waals surface area contributed by atoms with Gasteiger partial charge in [0.1, 0.15) is 0 Å². The Morgan fingerprint density at radius 2 is 1.96 bits per heavy atom. The second-order valence-electron chi connectivity index (χ2n) is 5.49. The molecule has 0 aromatic heterocycles. The number of aliphatic imine (C=N–C) groups is 1. The quantitative estimate of drug-likeness (QED) is 0.860. The van der Waals surface area contributed by atoms with E-state index in [4.69, 9.17) is 0 Å². The lowest BCUT2D eigenvalue weighted by molar-refractivity contribution is 0.0978. The molecule has 0 spiro atoms. The van der Waals surface area contributed by atoms with Crippen LogP contribution in [0.1, 0.15) is 15.9 Å². The van der Waals surface area contributed by atoms with Crippen molar-refractivity contribution in [3.05, 3.63) is 59.7 Å². The van der Waals surface area contributed by atoms with Crippen molar-refractivity contribution in [2.45, 2.75) is 11.8 Å². The molecule has 25 heavy (non-hydrogen) atoms. The third-order valence-electron chi connectivity index (χ3n) is 3.48. The average molecular weight is 375 g/mol. The molecule has 130 valence electrons. The Bertz CT molecular complexity index is 940. The highest BCUT2D eigenvalue weighted by atomic mass is 32.2. The number of nitrogens with zero attached hydrogens (tertiary/aromatic N) is 1. The predicted molar refractivity (Wildman–Crippen MR) is 101 cm³/mol. The van der Waals surface area contributed by atoms with Gasteiger partial charge in [-0.25, -0.2) is 8.42 Å². The first-order valence-corrected chi connectivity index (χ1v) is 10.1. The van der Waals surface area contributed by atoms with Crippen LogP contribution >= 0.6 is 11.8 Å². The van der Waals surface area contributed by atoms with E-state index in [2.05, 4.69) is 15.0 Å². The third kappa shape index (κ3) is 4.40. The second-order valence-corrected chi connectivity index (χ2v) is 8.26. The predicted octanol–water partition coefficient (Wildman–Crippen LogP) is 2.63. The fourth-order valence-electron chi connectivity index (χ4n) is 2.31. The number of hydrogen-bond donors (Lipinski definition) is 2. The van der Waals surface area contributed by atoms with Crippen molar-refractivity contribution < 1.29 is 13.2 Å². The summed E-state index contributed by atoms with van der Waals surface area (Å²) in [6.45, 7) is 2.56. The van der Waals surface area contributed by atoms with Crippen LogP contribution < -0.4 is 10.0 Å². The van der Waals surface area contributed by atoms with Crippen molar-refractivity contribution in [2.75, 3.05) is 17.0 Å². The first kappa shape index (κ1) is 17.5. The maximum Gasteiger partial charge on any atom is 0.261 e. The number of carbonyl (C=O) groups excluding carboxylic acids is 1. The number of anilines is 1. The molecule has 1 amide bonds. The van der Waals surface area contributed by atoms with Crippen LogP contribution in [0.25, 0.3) is 0 Å². The fraction of sp³-hybridized carbons (Fsp3) is 0.176. The molecule has 0 fully saturated rings. The summed E-state index contributed by atoms with van der Waals surface area (Å²) < 4.78 is 27.7. The van der Waals surface area contributed by atoms with Gasteiger partial charge in [-0.1, -0.05) is 30.0 Å². The number of nitrogens with one attached hydrogen (secondary N) is 2. The van der Waals surface area contributed by atoms with E-state index in [-0.39, 0.29) is 16.4 Å². The lowest BCUT2D eigenvalue weighted by Gasteiger charge is -2.10. The summed E-state index contributed by atoms with van der Waals surface area (Å²) in [6.07, 6.45) is 0. The molecule has 8 heteroatoms. The molecule has 0 unspecified atom stereocenters. The number of sulfonamides is 1. The van der Waals surface area contributed by atoms with Crippen molar-refractivity contribution >= 4 is 38.5 Å². The molecule has 0 saturated carbocycles. The van der Waals surface area contributed by atoms with E-state index in [1.165, 1.54) is 23.9 Å². The molecule has 0 radical (unpaired) electrons. The van der Waals surface area contributed by atoms with Gasteiger partial charge in [0, 0.05) is 17.0 Å². The van der Waals surface area contributed by atoms with Crippen molar-refractivity contribution in [1.29, 1.82) is 0 Å². The van der Waals surface area contributed by atoms with Crippen LogP contribution in [0.5, 0.6) is 0 Å². The van der Waals surface area contributed by atoms with Gasteiger partial charge in [-0.05, 0) is 42.8 Å².